The van der Waals surface area contributed by atoms with E-state index in [-0.39, 0.29) is 29.6 Å². The Bertz CT molecular complexity index is 1160. The van der Waals surface area contributed by atoms with E-state index in [9.17, 15) is 19.2 Å². The summed E-state index contributed by atoms with van der Waals surface area (Å²) in [5.41, 5.74) is -1.46. The van der Waals surface area contributed by atoms with Crippen LogP contribution in [0.3, 0.4) is 0 Å². The van der Waals surface area contributed by atoms with E-state index in [1.165, 1.54) is 23.3 Å². The van der Waals surface area contributed by atoms with E-state index in [0.29, 0.717) is 12.2 Å². The van der Waals surface area contributed by atoms with Gasteiger partial charge in [0.15, 0.2) is 29.7 Å². The van der Waals surface area contributed by atoms with Gasteiger partial charge >= 0.3 is 11.7 Å². The molecule has 182 valence electrons. The van der Waals surface area contributed by atoms with Gasteiger partial charge in [-0.2, -0.15) is 16.7 Å². The quantitative estimate of drug-likeness (QED) is 0.536. The molecule has 1 fully saturated rings. The first-order valence-corrected chi connectivity index (χ1v) is 12.0. The Morgan fingerprint density at radius 1 is 1.36 bits per heavy atom. The van der Waals surface area contributed by atoms with Crippen LogP contribution in [-0.2, 0) is 25.6 Å². The highest BCUT2D eigenvalue weighted by Crippen LogP contribution is 2.38. The second kappa shape index (κ2) is 10.1. The molecule has 3 rings (SSSR count). The molecule has 33 heavy (non-hydrogen) atoms. The van der Waals surface area contributed by atoms with E-state index in [1.807, 2.05) is 13.2 Å². The SMILES string of the molecule is CC[C@H](C)[C@H]1O[C@@H](n2c(=O)n(CCSC)c3c(=O)[nH]c(NC(C)=O)nc32)[C@H](OC(C)=O)[C@H]1F. The number of imidazole rings is 1. The minimum atomic E-state index is -1.69. The van der Waals surface area contributed by atoms with E-state index in [4.69, 9.17) is 9.47 Å². The summed E-state index contributed by atoms with van der Waals surface area (Å²) in [6.07, 6.45) is -2.93. The number of amides is 1. The molecule has 5 atom stereocenters. The number of fused-ring (bicyclic) bond motifs is 1. The second-order valence-corrected chi connectivity index (χ2v) is 8.95. The third-order valence-electron chi connectivity index (χ3n) is 5.59. The fourth-order valence-corrected chi connectivity index (χ4v) is 4.25. The number of H-pyrrole nitrogens is 1. The Morgan fingerprint density at radius 3 is 2.64 bits per heavy atom. The number of aryl methyl sites for hydroxylation is 1. The third kappa shape index (κ3) is 4.83. The van der Waals surface area contributed by atoms with Gasteiger partial charge in [-0.1, -0.05) is 20.3 Å². The molecule has 2 N–H and O–H groups in total. The Hall–Kier alpha value is -2.67. The first-order chi connectivity index (χ1) is 15.6. The molecule has 0 saturated carbocycles. The maximum Gasteiger partial charge on any atom is 0.332 e. The summed E-state index contributed by atoms with van der Waals surface area (Å²) in [4.78, 5) is 56.2. The molecular formula is C20H28FN5O6S. The number of nitrogens with zero attached hydrogens (tertiary/aromatic N) is 3. The van der Waals surface area contributed by atoms with Gasteiger partial charge in [0.05, 0.1) is 6.10 Å². The molecule has 2 aromatic rings. The number of halogens is 1. The highest BCUT2D eigenvalue weighted by molar-refractivity contribution is 7.98. The molecule has 1 saturated heterocycles. The summed E-state index contributed by atoms with van der Waals surface area (Å²) in [6.45, 7) is 6.24. The summed E-state index contributed by atoms with van der Waals surface area (Å²) in [5.74, 6) is -1.09. The number of thioether (sulfide) groups is 1. The number of ether oxygens (including phenoxy) is 2. The predicted molar refractivity (Wildman–Crippen MR) is 121 cm³/mol. The van der Waals surface area contributed by atoms with Gasteiger partial charge in [0.1, 0.15) is 0 Å². The van der Waals surface area contributed by atoms with Crippen LogP contribution in [0.1, 0.15) is 40.3 Å². The number of carbonyl (C=O) groups excluding carboxylic acids is 2. The number of hydrogen-bond donors (Lipinski definition) is 2. The Labute approximate surface area is 193 Å². The lowest BCUT2D eigenvalue weighted by atomic mass is 9.97. The number of anilines is 1. The molecule has 11 nitrogen and oxygen atoms in total. The molecule has 1 amide bonds. The Morgan fingerprint density at radius 2 is 2.06 bits per heavy atom. The maximum atomic E-state index is 15.4. The number of aromatic amines is 1. The minimum Gasteiger partial charge on any atom is -0.454 e. The third-order valence-corrected chi connectivity index (χ3v) is 6.18. The van der Waals surface area contributed by atoms with Crippen LogP contribution in [-0.4, -0.2) is 61.4 Å². The minimum absolute atomic E-state index is 0.0456. The number of aromatic nitrogens is 4. The molecule has 3 heterocycles. The van der Waals surface area contributed by atoms with Crippen molar-refractivity contribution >= 4 is 40.8 Å². The standard InChI is InChI=1S/C20H28FN5O6S/c1-6-9(2)14-12(21)15(31-11(4)28)18(32-14)26-16-13(25(20(26)30)7-8-33-5)17(29)24-19(23-16)22-10(3)27/h9,12,14-15,18H,6-8H2,1-5H3,(H2,22,23,24,27,29)/t9-,12-,14+,15+,18+/m0/s1. The zero-order valence-electron chi connectivity index (χ0n) is 19.1. The second-order valence-electron chi connectivity index (χ2n) is 7.96. The number of nitrogens with one attached hydrogen (secondary N) is 2. The Kier molecular flexibility index (Phi) is 7.62. The van der Waals surface area contributed by atoms with Crippen molar-refractivity contribution in [1.29, 1.82) is 0 Å². The van der Waals surface area contributed by atoms with Gasteiger partial charge in [0.25, 0.3) is 5.56 Å². The topological polar surface area (TPSA) is 137 Å². The Balaban J connectivity index is 2.26. The first kappa shape index (κ1) is 25.0. The molecule has 1 aliphatic rings. The molecule has 0 aromatic carbocycles. The summed E-state index contributed by atoms with van der Waals surface area (Å²) in [6, 6.07) is 0. The molecular weight excluding hydrogens is 457 g/mol. The molecule has 2 aromatic heterocycles. The number of esters is 1. The lowest BCUT2D eigenvalue weighted by Crippen LogP contribution is -2.37. The largest absolute Gasteiger partial charge is 0.454 e. The molecule has 0 spiro atoms. The van der Waals surface area contributed by atoms with Crippen molar-refractivity contribution in [3.05, 3.63) is 20.8 Å². The summed E-state index contributed by atoms with van der Waals surface area (Å²) < 4.78 is 28.8. The van der Waals surface area contributed by atoms with Crippen LogP contribution < -0.4 is 16.6 Å². The molecule has 0 bridgehead atoms. The fourth-order valence-electron chi connectivity index (χ4n) is 3.89. The van der Waals surface area contributed by atoms with Crippen LogP contribution in [0.4, 0.5) is 10.3 Å². The molecule has 0 unspecified atom stereocenters. The molecule has 1 aliphatic heterocycles. The molecule has 0 aliphatic carbocycles. The molecule has 0 radical (unpaired) electrons. The van der Waals surface area contributed by atoms with Gasteiger partial charge in [0.2, 0.25) is 11.9 Å². The number of carbonyl (C=O) groups is 2. The van der Waals surface area contributed by atoms with Gasteiger partial charge in [-0.05, 0) is 12.2 Å². The fraction of sp³-hybridized carbons (Fsp3) is 0.650. The number of rotatable bonds is 8. The van der Waals surface area contributed by atoms with Crippen LogP contribution in [0.15, 0.2) is 9.59 Å². The smallest absolute Gasteiger partial charge is 0.332 e. The van der Waals surface area contributed by atoms with Crippen molar-refractivity contribution in [2.24, 2.45) is 5.92 Å². The maximum absolute atomic E-state index is 15.4. The zero-order valence-corrected chi connectivity index (χ0v) is 19.9. The van der Waals surface area contributed by atoms with Crippen molar-refractivity contribution in [2.75, 3.05) is 17.3 Å². The lowest BCUT2D eigenvalue weighted by molar-refractivity contribution is -0.154. The summed E-state index contributed by atoms with van der Waals surface area (Å²) in [5, 5.41) is 2.38. The normalized spacial score (nSPS) is 23.6. The first-order valence-electron chi connectivity index (χ1n) is 10.6. The average Bonchev–Trinajstić information content (AvgIpc) is 3.19. The van der Waals surface area contributed by atoms with Crippen molar-refractivity contribution in [3.8, 4) is 0 Å². The number of hydrogen-bond acceptors (Lipinski definition) is 8. The van der Waals surface area contributed by atoms with Crippen LogP contribution in [0.2, 0.25) is 0 Å². The van der Waals surface area contributed by atoms with E-state index >= 15 is 4.39 Å². The van der Waals surface area contributed by atoms with Crippen molar-refractivity contribution in [1.82, 2.24) is 19.1 Å². The lowest BCUT2D eigenvalue weighted by Gasteiger charge is -2.20. The van der Waals surface area contributed by atoms with Crippen LogP contribution >= 0.6 is 11.8 Å². The van der Waals surface area contributed by atoms with Crippen LogP contribution in [0.25, 0.3) is 11.2 Å². The van der Waals surface area contributed by atoms with Crippen molar-refractivity contribution in [2.45, 2.75) is 65.3 Å². The van der Waals surface area contributed by atoms with Gasteiger partial charge in [-0.3, -0.25) is 29.3 Å². The number of alkyl halides is 1. The summed E-state index contributed by atoms with van der Waals surface area (Å²) >= 11 is 1.47. The monoisotopic (exact) mass is 485 g/mol. The van der Waals surface area contributed by atoms with Crippen molar-refractivity contribution < 1.29 is 23.5 Å². The van der Waals surface area contributed by atoms with E-state index < -0.39 is 47.7 Å². The van der Waals surface area contributed by atoms with E-state index in [0.717, 1.165) is 11.5 Å². The van der Waals surface area contributed by atoms with Gasteiger partial charge < -0.3 is 9.47 Å². The van der Waals surface area contributed by atoms with Gasteiger partial charge in [-0.25, -0.2) is 13.8 Å². The highest BCUT2D eigenvalue weighted by Gasteiger charge is 2.51. The van der Waals surface area contributed by atoms with Gasteiger partial charge in [0, 0.05) is 26.1 Å². The van der Waals surface area contributed by atoms with Crippen LogP contribution in [0.5, 0.6) is 0 Å². The zero-order chi connectivity index (χ0) is 24.4. The van der Waals surface area contributed by atoms with E-state index in [2.05, 4.69) is 15.3 Å². The summed E-state index contributed by atoms with van der Waals surface area (Å²) in [7, 11) is 0. The molecule has 13 heteroatoms. The average molecular weight is 486 g/mol. The predicted octanol–water partition coefficient (Wildman–Crippen LogP) is 1.42. The van der Waals surface area contributed by atoms with Crippen molar-refractivity contribution in [3.63, 3.8) is 0 Å². The van der Waals surface area contributed by atoms with Crippen LogP contribution in [0, 0.1) is 5.92 Å². The van der Waals surface area contributed by atoms with Gasteiger partial charge in [-0.15, -0.1) is 0 Å². The van der Waals surface area contributed by atoms with E-state index in [1.54, 1.807) is 6.92 Å². The highest BCUT2D eigenvalue weighted by atomic mass is 32.2.